The van der Waals surface area contributed by atoms with E-state index in [2.05, 4.69) is 43.7 Å². The average Bonchev–Trinajstić information content (AvgIpc) is 2.70. The summed E-state index contributed by atoms with van der Waals surface area (Å²) in [6, 6.07) is 16.1. The van der Waals surface area contributed by atoms with E-state index in [1.165, 1.54) is 5.56 Å². The van der Waals surface area contributed by atoms with Crippen molar-refractivity contribution in [3.05, 3.63) is 64.1 Å². The summed E-state index contributed by atoms with van der Waals surface area (Å²) in [5.74, 6) is 1.35. The smallest absolute Gasteiger partial charge is 0.241 e. The molecule has 0 atom stereocenters. The van der Waals surface area contributed by atoms with Crippen LogP contribution in [-0.2, 0) is 17.8 Å². The number of aliphatic imine (C=N–C) groups is 1. The summed E-state index contributed by atoms with van der Waals surface area (Å²) in [4.78, 5) is 18.1. The molecular formula is C21H28BrIN4O2. The standard InChI is InChI=1S/C21H27BrN4O2.HI/c1-26(2)20(27)15-25-21(23-12-11-16-7-5-4-6-8-16)24-14-17-13-18(22)9-10-19(17)28-3;/h4-10,13H,11-12,14-15H2,1-3H3,(H2,23,24,25);1H. The topological polar surface area (TPSA) is 66.0 Å². The maximum absolute atomic E-state index is 11.9. The van der Waals surface area contributed by atoms with Crippen LogP contribution in [0.25, 0.3) is 0 Å². The first-order valence-corrected chi connectivity index (χ1v) is 9.87. The van der Waals surface area contributed by atoms with Crippen LogP contribution >= 0.6 is 39.9 Å². The lowest BCUT2D eigenvalue weighted by molar-refractivity contribution is -0.127. The third-order valence-electron chi connectivity index (χ3n) is 4.10. The molecule has 0 aliphatic heterocycles. The summed E-state index contributed by atoms with van der Waals surface area (Å²) in [6.07, 6.45) is 0.864. The van der Waals surface area contributed by atoms with Gasteiger partial charge in [-0.25, -0.2) is 4.99 Å². The predicted molar refractivity (Wildman–Crippen MR) is 132 cm³/mol. The second kappa shape index (κ2) is 13.4. The fourth-order valence-corrected chi connectivity index (χ4v) is 2.91. The third-order valence-corrected chi connectivity index (χ3v) is 4.60. The first-order valence-electron chi connectivity index (χ1n) is 9.08. The summed E-state index contributed by atoms with van der Waals surface area (Å²) in [7, 11) is 5.11. The monoisotopic (exact) mass is 574 g/mol. The van der Waals surface area contributed by atoms with Crippen molar-refractivity contribution in [1.82, 2.24) is 15.5 Å². The van der Waals surface area contributed by atoms with Crippen LogP contribution in [0.5, 0.6) is 5.75 Å². The molecule has 0 aliphatic rings. The second-order valence-electron chi connectivity index (χ2n) is 6.43. The van der Waals surface area contributed by atoms with E-state index in [-0.39, 0.29) is 36.4 Å². The molecule has 158 valence electrons. The molecule has 0 fully saturated rings. The molecule has 1 amide bonds. The SMILES string of the molecule is COc1ccc(Br)cc1CN=C(NCCc1ccccc1)NCC(=O)N(C)C.I. The summed E-state index contributed by atoms with van der Waals surface area (Å²) >= 11 is 3.48. The van der Waals surface area contributed by atoms with Gasteiger partial charge in [-0.05, 0) is 30.2 Å². The van der Waals surface area contributed by atoms with Gasteiger partial charge < -0.3 is 20.3 Å². The number of hydrogen-bond donors (Lipinski definition) is 2. The fraction of sp³-hybridized carbons (Fsp3) is 0.333. The lowest BCUT2D eigenvalue weighted by Gasteiger charge is -2.15. The van der Waals surface area contributed by atoms with Crippen molar-refractivity contribution in [2.24, 2.45) is 4.99 Å². The van der Waals surface area contributed by atoms with Gasteiger partial charge in [0, 0.05) is 30.7 Å². The number of carbonyl (C=O) groups is 1. The Balaban J connectivity index is 0.00000420. The molecule has 0 saturated carbocycles. The predicted octanol–water partition coefficient (Wildman–Crippen LogP) is 3.44. The number of halogens is 2. The highest BCUT2D eigenvalue weighted by Crippen LogP contribution is 2.23. The molecule has 0 aromatic heterocycles. The van der Waals surface area contributed by atoms with Crippen molar-refractivity contribution in [3.63, 3.8) is 0 Å². The molecule has 0 unspecified atom stereocenters. The molecule has 29 heavy (non-hydrogen) atoms. The molecule has 2 aromatic rings. The number of benzene rings is 2. The van der Waals surface area contributed by atoms with Gasteiger partial charge in [0.2, 0.25) is 5.91 Å². The molecule has 0 bridgehead atoms. The maximum Gasteiger partial charge on any atom is 0.241 e. The zero-order chi connectivity index (χ0) is 20.4. The fourth-order valence-electron chi connectivity index (χ4n) is 2.50. The Morgan fingerprint density at radius 1 is 1.14 bits per heavy atom. The Bertz CT molecular complexity index is 801. The number of amides is 1. The minimum Gasteiger partial charge on any atom is -0.496 e. The Labute approximate surface area is 198 Å². The van der Waals surface area contributed by atoms with Gasteiger partial charge in [-0.1, -0.05) is 46.3 Å². The Morgan fingerprint density at radius 3 is 2.52 bits per heavy atom. The zero-order valence-corrected chi connectivity index (χ0v) is 20.9. The highest BCUT2D eigenvalue weighted by molar-refractivity contribution is 14.0. The van der Waals surface area contributed by atoms with Crippen LogP contribution in [0.3, 0.4) is 0 Å². The molecule has 2 aromatic carbocycles. The van der Waals surface area contributed by atoms with Gasteiger partial charge >= 0.3 is 0 Å². The highest BCUT2D eigenvalue weighted by Gasteiger charge is 2.08. The first-order chi connectivity index (χ1) is 13.5. The van der Waals surface area contributed by atoms with Crippen LogP contribution in [0.4, 0.5) is 0 Å². The van der Waals surface area contributed by atoms with Crippen LogP contribution in [-0.4, -0.2) is 51.1 Å². The van der Waals surface area contributed by atoms with E-state index in [0.29, 0.717) is 19.0 Å². The number of guanidine groups is 1. The first kappa shape index (κ1) is 25.2. The Morgan fingerprint density at radius 2 is 1.86 bits per heavy atom. The number of hydrogen-bond acceptors (Lipinski definition) is 3. The number of ether oxygens (including phenoxy) is 1. The number of rotatable bonds is 8. The van der Waals surface area contributed by atoms with Crippen molar-refractivity contribution in [3.8, 4) is 5.75 Å². The van der Waals surface area contributed by atoms with Crippen molar-refractivity contribution >= 4 is 51.8 Å². The van der Waals surface area contributed by atoms with Crippen LogP contribution in [0.2, 0.25) is 0 Å². The average molecular weight is 575 g/mol. The van der Waals surface area contributed by atoms with E-state index in [1.54, 1.807) is 26.1 Å². The molecule has 0 aliphatic carbocycles. The Kier molecular flexibility index (Phi) is 11.7. The van der Waals surface area contributed by atoms with Crippen LogP contribution in [0, 0.1) is 0 Å². The molecule has 0 radical (unpaired) electrons. The number of nitrogens with zero attached hydrogens (tertiary/aromatic N) is 2. The lowest BCUT2D eigenvalue weighted by Crippen LogP contribution is -2.43. The van der Waals surface area contributed by atoms with E-state index in [4.69, 9.17) is 4.74 Å². The maximum atomic E-state index is 11.9. The zero-order valence-electron chi connectivity index (χ0n) is 16.9. The number of methoxy groups -OCH3 is 1. The van der Waals surface area contributed by atoms with Crippen molar-refractivity contribution < 1.29 is 9.53 Å². The molecule has 0 heterocycles. The molecule has 2 rings (SSSR count). The largest absolute Gasteiger partial charge is 0.496 e. The van der Waals surface area contributed by atoms with E-state index in [9.17, 15) is 4.79 Å². The number of nitrogens with one attached hydrogen (secondary N) is 2. The lowest BCUT2D eigenvalue weighted by atomic mass is 10.1. The minimum absolute atomic E-state index is 0. The van der Waals surface area contributed by atoms with Gasteiger partial charge in [-0.2, -0.15) is 0 Å². The van der Waals surface area contributed by atoms with Crippen LogP contribution in [0.15, 0.2) is 58.0 Å². The summed E-state index contributed by atoms with van der Waals surface area (Å²) in [6.45, 7) is 1.32. The van der Waals surface area contributed by atoms with E-state index in [0.717, 1.165) is 22.2 Å². The van der Waals surface area contributed by atoms with Crippen LogP contribution in [0.1, 0.15) is 11.1 Å². The molecule has 8 heteroatoms. The van der Waals surface area contributed by atoms with Crippen molar-refractivity contribution in [2.45, 2.75) is 13.0 Å². The van der Waals surface area contributed by atoms with Gasteiger partial charge in [-0.15, -0.1) is 24.0 Å². The van der Waals surface area contributed by atoms with Crippen molar-refractivity contribution in [1.29, 1.82) is 0 Å². The van der Waals surface area contributed by atoms with Crippen molar-refractivity contribution in [2.75, 3.05) is 34.3 Å². The van der Waals surface area contributed by atoms with Gasteiger partial charge in [0.1, 0.15) is 5.75 Å². The van der Waals surface area contributed by atoms with Crippen LogP contribution < -0.4 is 15.4 Å². The summed E-state index contributed by atoms with van der Waals surface area (Å²) in [5.41, 5.74) is 2.20. The van der Waals surface area contributed by atoms with E-state index < -0.39 is 0 Å². The third kappa shape index (κ3) is 9.03. The van der Waals surface area contributed by atoms with Gasteiger partial charge in [-0.3, -0.25) is 4.79 Å². The Hall–Kier alpha value is -1.81. The molecule has 2 N–H and O–H groups in total. The minimum atomic E-state index is -0.0161. The second-order valence-corrected chi connectivity index (χ2v) is 7.34. The normalized spacial score (nSPS) is 10.7. The number of likely N-dealkylation sites (N-methyl/N-ethyl adjacent to an activating group) is 1. The van der Waals surface area contributed by atoms with Gasteiger partial charge in [0.15, 0.2) is 5.96 Å². The van der Waals surface area contributed by atoms with Gasteiger partial charge in [0.05, 0.1) is 20.2 Å². The summed E-state index contributed by atoms with van der Waals surface area (Å²) < 4.78 is 6.38. The quantitative estimate of drug-likeness (QED) is 0.288. The molecule has 0 spiro atoms. The van der Waals surface area contributed by atoms with E-state index in [1.807, 2.05) is 36.4 Å². The van der Waals surface area contributed by atoms with Gasteiger partial charge in [0.25, 0.3) is 0 Å². The molecule has 0 saturated heterocycles. The molecule has 6 nitrogen and oxygen atoms in total. The molecular weight excluding hydrogens is 547 g/mol. The highest BCUT2D eigenvalue weighted by atomic mass is 127. The van der Waals surface area contributed by atoms with E-state index >= 15 is 0 Å². The summed E-state index contributed by atoms with van der Waals surface area (Å²) in [5, 5.41) is 6.41. The number of carbonyl (C=O) groups excluding carboxylic acids is 1.